The maximum Gasteiger partial charge on any atom is 0.272 e. The van der Waals surface area contributed by atoms with Gasteiger partial charge in [-0.15, -0.1) is 11.6 Å². The lowest BCUT2D eigenvalue weighted by molar-refractivity contribution is -0.385. The van der Waals surface area contributed by atoms with Crippen molar-refractivity contribution in [1.29, 1.82) is 0 Å². The van der Waals surface area contributed by atoms with Gasteiger partial charge in [0.25, 0.3) is 5.69 Å². The molecule has 94 valence electrons. The highest BCUT2D eigenvalue weighted by Crippen LogP contribution is 2.22. The molecule has 0 spiro atoms. The molecule has 1 rings (SSSR count). The van der Waals surface area contributed by atoms with Gasteiger partial charge in [0.05, 0.1) is 11.0 Å². The summed E-state index contributed by atoms with van der Waals surface area (Å²) in [5, 5.41) is 10.6. The van der Waals surface area contributed by atoms with Gasteiger partial charge in [-0.2, -0.15) is 0 Å². The number of hydrogen-bond donors (Lipinski definition) is 0. The number of rotatable bonds is 5. The van der Waals surface area contributed by atoms with Crippen LogP contribution in [-0.2, 0) is 6.42 Å². The topological polar surface area (TPSA) is 43.1 Å². The molecule has 0 saturated heterocycles. The Labute approximate surface area is 105 Å². The fraction of sp³-hybridized carbons (Fsp3) is 0.500. The summed E-state index contributed by atoms with van der Waals surface area (Å²) in [6.07, 6.45) is 1.36. The van der Waals surface area contributed by atoms with Crippen LogP contribution in [0.15, 0.2) is 18.2 Å². The largest absolute Gasteiger partial charge is 0.272 e. The van der Waals surface area contributed by atoms with Crippen LogP contribution in [-0.4, -0.2) is 10.3 Å². The first kappa shape index (κ1) is 13.9. The van der Waals surface area contributed by atoms with Gasteiger partial charge in [0, 0.05) is 11.4 Å². The molecule has 5 heteroatoms. The molecule has 0 amide bonds. The first-order valence-corrected chi connectivity index (χ1v) is 5.95. The lowest BCUT2D eigenvalue weighted by Crippen LogP contribution is -2.13. The Morgan fingerprint density at radius 2 is 2.12 bits per heavy atom. The third-order valence-electron chi connectivity index (χ3n) is 2.72. The second-order valence-electron chi connectivity index (χ2n) is 4.18. The maximum atomic E-state index is 13.2. The molecule has 0 aromatic heterocycles. The normalized spacial score (nSPS) is 14.4. The van der Waals surface area contributed by atoms with E-state index in [1.54, 1.807) is 0 Å². The second-order valence-corrected chi connectivity index (χ2v) is 4.74. The summed E-state index contributed by atoms with van der Waals surface area (Å²) in [5.74, 6) is -0.424. The summed E-state index contributed by atoms with van der Waals surface area (Å²) in [5.41, 5.74) is 0.401. The van der Waals surface area contributed by atoms with Crippen molar-refractivity contribution in [3.8, 4) is 0 Å². The molecule has 0 bridgehead atoms. The van der Waals surface area contributed by atoms with Gasteiger partial charge in [-0.25, -0.2) is 4.39 Å². The number of nitrogens with zero attached hydrogens (tertiary/aromatic N) is 1. The maximum absolute atomic E-state index is 13.2. The van der Waals surface area contributed by atoms with Crippen LogP contribution in [0.1, 0.15) is 25.8 Å². The van der Waals surface area contributed by atoms with E-state index in [0.29, 0.717) is 12.0 Å². The Balaban J connectivity index is 2.87. The van der Waals surface area contributed by atoms with Crippen LogP contribution >= 0.6 is 11.6 Å². The van der Waals surface area contributed by atoms with Crippen molar-refractivity contribution < 1.29 is 9.31 Å². The summed E-state index contributed by atoms with van der Waals surface area (Å²) in [6.45, 7) is 3.93. The lowest BCUT2D eigenvalue weighted by atomic mass is 9.96. The molecular weight excluding hydrogens is 245 g/mol. The van der Waals surface area contributed by atoms with E-state index in [1.807, 2.05) is 13.8 Å². The molecule has 17 heavy (non-hydrogen) atoms. The second kappa shape index (κ2) is 5.96. The molecule has 0 N–H and O–H groups in total. The molecule has 0 aliphatic carbocycles. The van der Waals surface area contributed by atoms with E-state index in [4.69, 9.17) is 11.6 Å². The average Bonchev–Trinajstić information content (AvgIpc) is 2.26. The predicted octanol–water partition coefficient (Wildman–Crippen LogP) is 3.93. The number of nitro benzene ring substituents is 1. The molecule has 2 atom stereocenters. The number of hydrogen-bond acceptors (Lipinski definition) is 2. The van der Waals surface area contributed by atoms with Crippen LogP contribution in [0.2, 0.25) is 0 Å². The van der Waals surface area contributed by atoms with Crippen molar-refractivity contribution in [2.75, 3.05) is 0 Å². The van der Waals surface area contributed by atoms with Crippen molar-refractivity contribution in [3.05, 3.63) is 39.7 Å². The van der Waals surface area contributed by atoms with E-state index in [9.17, 15) is 14.5 Å². The zero-order chi connectivity index (χ0) is 13.0. The molecule has 0 aliphatic heterocycles. The zero-order valence-electron chi connectivity index (χ0n) is 9.82. The average molecular weight is 260 g/mol. The third kappa shape index (κ3) is 3.97. The summed E-state index contributed by atoms with van der Waals surface area (Å²) in [7, 11) is 0. The van der Waals surface area contributed by atoms with E-state index in [-0.39, 0.29) is 17.0 Å². The van der Waals surface area contributed by atoms with E-state index < -0.39 is 10.7 Å². The highest BCUT2D eigenvalue weighted by Gasteiger charge is 2.16. The molecule has 0 aliphatic rings. The fourth-order valence-corrected chi connectivity index (χ4v) is 1.85. The summed E-state index contributed by atoms with van der Waals surface area (Å²) in [6, 6.07) is 3.65. The lowest BCUT2D eigenvalue weighted by Gasteiger charge is -2.16. The van der Waals surface area contributed by atoms with Crippen molar-refractivity contribution in [2.24, 2.45) is 5.92 Å². The number of non-ortho nitro benzene ring substituents is 1. The van der Waals surface area contributed by atoms with Gasteiger partial charge in [0.15, 0.2) is 0 Å². The number of halogens is 2. The van der Waals surface area contributed by atoms with Crippen LogP contribution in [0.3, 0.4) is 0 Å². The Bertz CT molecular complexity index is 411. The molecule has 3 nitrogen and oxygen atoms in total. The zero-order valence-corrected chi connectivity index (χ0v) is 10.6. The SMILES string of the molecule is CCC(Cl)C(C)Cc1cc(F)cc([N+](=O)[O-])c1. The fourth-order valence-electron chi connectivity index (χ4n) is 1.76. The number of benzene rings is 1. The molecule has 2 unspecified atom stereocenters. The van der Waals surface area contributed by atoms with Gasteiger partial charge in [0.2, 0.25) is 0 Å². The van der Waals surface area contributed by atoms with Crippen molar-refractivity contribution >= 4 is 17.3 Å². The van der Waals surface area contributed by atoms with Crippen LogP contribution in [0, 0.1) is 21.8 Å². The summed E-state index contributed by atoms with van der Waals surface area (Å²) >= 11 is 6.08. The molecule has 1 aromatic rings. The Morgan fingerprint density at radius 3 is 2.65 bits per heavy atom. The molecule has 0 saturated carbocycles. The minimum absolute atomic E-state index is 0.00248. The Morgan fingerprint density at radius 1 is 1.47 bits per heavy atom. The summed E-state index contributed by atoms with van der Waals surface area (Å²) < 4.78 is 13.2. The molecular formula is C12H15ClFNO2. The van der Waals surface area contributed by atoms with Crippen molar-refractivity contribution in [2.45, 2.75) is 32.1 Å². The highest BCUT2D eigenvalue weighted by molar-refractivity contribution is 6.20. The standard InChI is InChI=1S/C12H15ClFNO2/c1-3-12(13)8(2)4-9-5-10(14)7-11(6-9)15(16)17/h5-8,12H,3-4H2,1-2H3. The van der Waals surface area contributed by atoms with Crippen LogP contribution in [0.5, 0.6) is 0 Å². The van der Waals surface area contributed by atoms with E-state index in [2.05, 4.69) is 0 Å². The van der Waals surface area contributed by atoms with Gasteiger partial charge in [0.1, 0.15) is 5.82 Å². The third-order valence-corrected chi connectivity index (χ3v) is 3.46. The van der Waals surface area contributed by atoms with Crippen molar-refractivity contribution in [1.82, 2.24) is 0 Å². The van der Waals surface area contributed by atoms with Crippen LogP contribution < -0.4 is 0 Å². The van der Waals surface area contributed by atoms with Gasteiger partial charge < -0.3 is 0 Å². The van der Waals surface area contributed by atoms with E-state index in [0.717, 1.165) is 12.5 Å². The Hall–Kier alpha value is -1.16. The van der Waals surface area contributed by atoms with Gasteiger partial charge in [-0.3, -0.25) is 10.1 Å². The van der Waals surface area contributed by atoms with Gasteiger partial charge >= 0.3 is 0 Å². The van der Waals surface area contributed by atoms with Gasteiger partial charge in [-0.1, -0.05) is 13.8 Å². The number of nitro groups is 1. The first-order chi connectivity index (χ1) is 7.93. The van der Waals surface area contributed by atoms with Crippen LogP contribution in [0.25, 0.3) is 0 Å². The highest BCUT2D eigenvalue weighted by atomic mass is 35.5. The molecule has 0 radical (unpaired) electrons. The Kier molecular flexibility index (Phi) is 4.87. The van der Waals surface area contributed by atoms with Crippen LogP contribution in [0.4, 0.5) is 10.1 Å². The smallest absolute Gasteiger partial charge is 0.258 e. The first-order valence-electron chi connectivity index (χ1n) is 5.52. The number of alkyl halides is 1. The van der Waals surface area contributed by atoms with E-state index in [1.165, 1.54) is 12.1 Å². The van der Waals surface area contributed by atoms with Crippen molar-refractivity contribution in [3.63, 3.8) is 0 Å². The predicted molar refractivity (Wildman–Crippen MR) is 65.9 cm³/mol. The summed E-state index contributed by atoms with van der Waals surface area (Å²) in [4.78, 5) is 10.0. The minimum atomic E-state index is -0.588. The minimum Gasteiger partial charge on any atom is -0.258 e. The van der Waals surface area contributed by atoms with E-state index >= 15 is 0 Å². The monoisotopic (exact) mass is 259 g/mol. The van der Waals surface area contributed by atoms with Gasteiger partial charge in [-0.05, 0) is 30.4 Å². The quantitative estimate of drug-likeness (QED) is 0.457. The molecule has 0 heterocycles. The molecule has 0 fully saturated rings. The molecule has 1 aromatic carbocycles.